The van der Waals surface area contributed by atoms with Crippen LogP contribution in [0.5, 0.6) is 0 Å². The summed E-state index contributed by atoms with van der Waals surface area (Å²) in [7, 11) is 0. The summed E-state index contributed by atoms with van der Waals surface area (Å²) in [4.78, 5) is 40.8. The number of nitrogens with one attached hydrogen (secondary N) is 1. The van der Waals surface area contributed by atoms with Crippen molar-refractivity contribution >= 4 is 57.3 Å². The van der Waals surface area contributed by atoms with E-state index in [0.717, 1.165) is 36.8 Å². The van der Waals surface area contributed by atoms with E-state index < -0.39 is 0 Å². The zero-order valence-electron chi connectivity index (χ0n) is 20.1. The first-order valence-corrected chi connectivity index (χ1v) is 14.7. The number of terminal acetylenes is 1. The quantitative estimate of drug-likeness (QED) is 0.280. The molecule has 0 unspecified atom stereocenters. The molecular weight excluding hydrogens is 529 g/mol. The fourth-order valence-electron chi connectivity index (χ4n) is 4.35. The number of piperazine rings is 1. The molecule has 0 aliphatic carbocycles. The minimum Gasteiger partial charge on any atom is -0.353 e. The number of hydrogen-bond donors (Lipinski definition) is 1. The Balaban J connectivity index is 1.09. The molecule has 0 aromatic carbocycles. The molecule has 0 bridgehead atoms. The number of anilines is 2. The van der Waals surface area contributed by atoms with E-state index in [9.17, 15) is 9.59 Å². The van der Waals surface area contributed by atoms with Gasteiger partial charge in [0.05, 0.1) is 10.8 Å². The Morgan fingerprint density at radius 3 is 2.62 bits per heavy atom. The molecule has 0 radical (unpaired) electrons. The van der Waals surface area contributed by atoms with E-state index in [1.165, 1.54) is 34.4 Å². The average Bonchev–Trinajstić information content (AvgIpc) is 3.62. The van der Waals surface area contributed by atoms with Crippen molar-refractivity contribution < 1.29 is 9.59 Å². The largest absolute Gasteiger partial charge is 0.353 e. The molecule has 13 heteroatoms. The molecular formula is C24H26N8O2S3. The third-order valence-corrected chi connectivity index (χ3v) is 9.18. The Hall–Kier alpha value is -3.21. The maximum atomic E-state index is 13.1. The van der Waals surface area contributed by atoms with Crippen LogP contribution in [0.1, 0.15) is 34.3 Å². The minimum absolute atomic E-state index is 0.107. The van der Waals surface area contributed by atoms with Crippen LogP contribution in [-0.2, 0) is 0 Å². The van der Waals surface area contributed by atoms with E-state index in [4.69, 9.17) is 6.42 Å². The lowest BCUT2D eigenvalue weighted by Crippen LogP contribution is -2.54. The van der Waals surface area contributed by atoms with Crippen LogP contribution in [0.3, 0.4) is 0 Å². The van der Waals surface area contributed by atoms with Gasteiger partial charge in [-0.25, -0.2) is 14.8 Å². The predicted octanol–water partition coefficient (Wildman–Crippen LogP) is 3.49. The lowest BCUT2D eigenvalue weighted by Gasteiger charge is -2.39. The minimum atomic E-state index is -0.301. The number of likely N-dealkylation sites (tertiary alicyclic amines) is 1. The number of rotatable bonds is 6. The van der Waals surface area contributed by atoms with Crippen LogP contribution in [0.15, 0.2) is 34.1 Å². The second-order valence-electron chi connectivity index (χ2n) is 8.60. The van der Waals surface area contributed by atoms with Crippen LogP contribution < -0.4 is 10.2 Å². The lowest BCUT2D eigenvalue weighted by molar-refractivity contribution is 0.102. The molecule has 192 valence electrons. The number of thiazole rings is 1. The summed E-state index contributed by atoms with van der Waals surface area (Å²) in [6.45, 7) is 4.33. The standard InChI is InChI=1S/C24H26N8O2S3/c1-2-15-35-23-29-28-22(37-23)27-20(33)18-16-36-21(26-18)17-6-9-31(10-7-17)24(34)32-13-11-30(12-14-32)19-5-3-4-8-25-19/h1,3-5,8,16-17H,6-7,9-15H2,(H,27,28,33). The van der Waals surface area contributed by atoms with Gasteiger partial charge in [0, 0.05) is 56.8 Å². The first-order valence-electron chi connectivity index (χ1n) is 12.0. The van der Waals surface area contributed by atoms with Gasteiger partial charge >= 0.3 is 6.03 Å². The molecule has 3 amide bonds. The number of urea groups is 1. The van der Waals surface area contributed by atoms with Crippen molar-refractivity contribution in [3.8, 4) is 12.3 Å². The summed E-state index contributed by atoms with van der Waals surface area (Å²) in [5.74, 6) is 3.94. The summed E-state index contributed by atoms with van der Waals surface area (Å²) in [6.07, 6.45) is 8.73. The molecule has 3 aromatic rings. The number of thioether (sulfide) groups is 1. The van der Waals surface area contributed by atoms with Crippen LogP contribution in [-0.4, -0.2) is 86.9 Å². The number of carbonyl (C=O) groups is 2. The molecule has 2 saturated heterocycles. The highest BCUT2D eigenvalue weighted by Gasteiger charge is 2.30. The van der Waals surface area contributed by atoms with E-state index in [2.05, 4.69) is 36.3 Å². The predicted molar refractivity (Wildman–Crippen MR) is 147 cm³/mol. The highest BCUT2D eigenvalue weighted by molar-refractivity contribution is 8.01. The van der Waals surface area contributed by atoms with Gasteiger partial charge in [-0.05, 0) is 25.0 Å². The maximum absolute atomic E-state index is 13.1. The molecule has 0 saturated carbocycles. The molecule has 10 nitrogen and oxygen atoms in total. The van der Waals surface area contributed by atoms with Gasteiger partial charge in [-0.15, -0.1) is 28.0 Å². The average molecular weight is 555 g/mol. The highest BCUT2D eigenvalue weighted by atomic mass is 32.2. The van der Waals surface area contributed by atoms with E-state index in [0.29, 0.717) is 47.1 Å². The topological polar surface area (TPSA) is 107 Å². The van der Waals surface area contributed by atoms with Crippen molar-refractivity contribution in [2.75, 3.05) is 55.2 Å². The third kappa shape index (κ3) is 6.20. The summed E-state index contributed by atoms with van der Waals surface area (Å²) in [6, 6.07) is 6.00. The van der Waals surface area contributed by atoms with Gasteiger partial charge in [-0.1, -0.05) is 35.1 Å². The van der Waals surface area contributed by atoms with E-state index in [-0.39, 0.29) is 17.9 Å². The van der Waals surface area contributed by atoms with Gasteiger partial charge in [-0.3, -0.25) is 10.1 Å². The number of nitrogens with zero attached hydrogens (tertiary/aromatic N) is 7. The van der Waals surface area contributed by atoms with E-state index in [1.807, 2.05) is 28.0 Å². The Morgan fingerprint density at radius 1 is 1.11 bits per heavy atom. The van der Waals surface area contributed by atoms with Crippen molar-refractivity contribution in [2.24, 2.45) is 0 Å². The SMILES string of the molecule is C#CCSc1nnc(NC(=O)c2csc(C3CCN(C(=O)N4CCN(c5ccccn5)CC4)CC3)n2)s1. The summed E-state index contributed by atoms with van der Waals surface area (Å²) in [5, 5.41) is 13.9. The maximum Gasteiger partial charge on any atom is 0.320 e. The van der Waals surface area contributed by atoms with Crippen LogP contribution in [0.4, 0.5) is 15.7 Å². The second kappa shape index (κ2) is 11.9. The molecule has 2 fully saturated rings. The van der Waals surface area contributed by atoms with Crippen LogP contribution in [0.25, 0.3) is 0 Å². The Kier molecular flexibility index (Phi) is 8.18. The number of amides is 3. The van der Waals surface area contributed by atoms with Crippen LogP contribution in [0.2, 0.25) is 0 Å². The number of piperidine rings is 1. The monoisotopic (exact) mass is 554 g/mol. The van der Waals surface area contributed by atoms with Crippen LogP contribution in [0, 0.1) is 12.3 Å². The summed E-state index contributed by atoms with van der Waals surface area (Å²) < 4.78 is 0.712. The third-order valence-electron chi connectivity index (χ3n) is 6.30. The fraction of sp³-hybridized carbons (Fsp3) is 0.417. The van der Waals surface area contributed by atoms with Gasteiger partial charge in [-0.2, -0.15) is 0 Å². The summed E-state index contributed by atoms with van der Waals surface area (Å²) in [5.41, 5.74) is 0.373. The molecule has 2 aliphatic rings. The van der Waals surface area contributed by atoms with Crippen LogP contribution >= 0.6 is 34.4 Å². The normalized spacial score (nSPS) is 16.5. The Labute approximate surface area is 227 Å². The smallest absolute Gasteiger partial charge is 0.320 e. The van der Waals surface area contributed by atoms with Gasteiger partial charge in [0.15, 0.2) is 4.34 Å². The van der Waals surface area contributed by atoms with Crippen molar-refractivity contribution in [3.05, 3.63) is 40.5 Å². The molecule has 0 atom stereocenters. The van der Waals surface area contributed by atoms with Crippen molar-refractivity contribution in [2.45, 2.75) is 23.1 Å². The Bertz CT molecular complexity index is 1260. The van der Waals surface area contributed by atoms with Gasteiger partial charge in [0.2, 0.25) is 5.13 Å². The molecule has 2 aliphatic heterocycles. The molecule has 5 heterocycles. The first kappa shape index (κ1) is 25.4. The Morgan fingerprint density at radius 2 is 1.89 bits per heavy atom. The molecule has 3 aromatic heterocycles. The van der Waals surface area contributed by atoms with Gasteiger partial charge in [0.25, 0.3) is 5.91 Å². The van der Waals surface area contributed by atoms with Gasteiger partial charge < -0.3 is 14.7 Å². The van der Waals surface area contributed by atoms with Crippen molar-refractivity contribution in [3.63, 3.8) is 0 Å². The zero-order valence-corrected chi connectivity index (χ0v) is 22.5. The zero-order chi connectivity index (χ0) is 25.6. The van der Waals surface area contributed by atoms with E-state index in [1.54, 1.807) is 11.6 Å². The molecule has 0 spiro atoms. The number of carbonyl (C=O) groups excluding carboxylic acids is 2. The van der Waals surface area contributed by atoms with E-state index >= 15 is 0 Å². The highest BCUT2D eigenvalue weighted by Crippen LogP contribution is 2.31. The first-order chi connectivity index (χ1) is 18.1. The number of pyridine rings is 1. The van der Waals surface area contributed by atoms with Crippen molar-refractivity contribution in [1.82, 2.24) is 30.0 Å². The summed E-state index contributed by atoms with van der Waals surface area (Å²) >= 11 is 4.18. The molecule has 1 N–H and O–H groups in total. The second-order valence-corrected chi connectivity index (χ2v) is 11.7. The molecule has 5 rings (SSSR count). The lowest BCUT2D eigenvalue weighted by atomic mass is 9.98. The van der Waals surface area contributed by atoms with Gasteiger partial charge in [0.1, 0.15) is 11.5 Å². The molecule has 37 heavy (non-hydrogen) atoms. The fourth-order valence-corrected chi connectivity index (χ4v) is 6.75. The number of aromatic nitrogens is 4. The van der Waals surface area contributed by atoms with Crippen molar-refractivity contribution in [1.29, 1.82) is 0 Å². The number of hydrogen-bond acceptors (Lipinski definition) is 10.